The molecule has 0 fully saturated rings. The van der Waals surface area contributed by atoms with Crippen LogP contribution in [-0.4, -0.2) is 36.7 Å². The fraction of sp³-hybridized carbons (Fsp3) is 0.182. The van der Waals surface area contributed by atoms with Gasteiger partial charge in [0.15, 0.2) is 11.6 Å². The van der Waals surface area contributed by atoms with Crippen molar-refractivity contribution >= 4 is 22.0 Å². The first kappa shape index (κ1) is 23.2. The topological polar surface area (TPSA) is 105 Å². The Labute approximate surface area is 193 Å². The molecule has 2 aromatic carbocycles. The predicted octanol–water partition coefficient (Wildman–Crippen LogP) is 2.92. The number of amides is 3. The Morgan fingerprint density at radius 1 is 1.12 bits per heavy atom. The summed E-state index contributed by atoms with van der Waals surface area (Å²) >= 11 is 0. The number of carbonyl (C=O) groups excluding carboxylic acids is 2. The number of rotatable bonds is 6. The van der Waals surface area contributed by atoms with Gasteiger partial charge in [-0.3, -0.25) is 4.79 Å². The summed E-state index contributed by atoms with van der Waals surface area (Å²) in [6.45, 7) is 0.807. The maximum absolute atomic E-state index is 13.6. The van der Waals surface area contributed by atoms with Crippen LogP contribution >= 0.6 is 0 Å². The summed E-state index contributed by atoms with van der Waals surface area (Å²) in [5, 5.41) is 2.63. The van der Waals surface area contributed by atoms with Gasteiger partial charge in [-0.1, -0.05) is 18.2 Å². The molecule has 34 heavy (non-hydrogen) atoms. The summed E-state index contributed by atoms with van der Waals surface area (Å²) in [7, 11) is -2.82. The van der Waals surface area contributed by atoms with E-state index in [9.17, 15) is 26.8 Å². The first-order valence-electron chi connectivity index (χ1n) is 9.93. The van der Waals surface area contributed by atoms with Gasteiger partial charge in [0.05, 0.1) is 19.9 Å². The molecule has 0 saturated carbocycles. The number of methoxy groups -OCH3 is 1. The largest absolute Gasteiger partial charge is 0.497 e. The second kappa shape index (κ2) is 8.78. The monoisotopic (exact) mass is 491 g/mol. The summed E-state index contributed by atoms with van der Waals surface area (Å²) < 4.78 is 63.6. The summed E-state index contributed by atoms with van der Waals surface area (Å²) in [6, 6.07) is 8.79. The van der Waals surface area contributed by atoms with Gasteiger partial charge in [-0.2, -0.15) is 0 Å². The van der Waals surface area contributed by atoms with E-state index in [4.69, 9.17) is 9.47 Å². The molecule has 0 spiro atoms. The Hall–Kier alpha value is -3.93. The zero-order valence-electron chi connectivity index (χ0n) is 18.0. The minimum Gasteiger partial charge on any atom is -0.497 e. The number of urea groups is 1. The number of fused-ring (bicyclic) bond motifs is 1. The lowest BCUT2D eigenvalue weighted by molar-refractivity contribution is -0.120. The highest BCUT2D eigenvalue weighted by Crippen LogP contribution is 2.35. The van der Waals surface area contributed by atoms with Crippen molar-refractivity contribution in [1.82, 2.24) is 14.5 Å². The zero-order chi connectivity index (χ0) is 24.6. The van der Waals surface area contributed by atoms with Crippen LogP contribution in [-0.2, 0) is 32.6 Å². The van der Waals surface area contributed by atoms with Crippen LogP contribution in [0.2, 0.25) is 0 Å². The molecule has 2 heterocycles. The Balaban J connectivity index is 1.54. The van der Waals surface area contributed by atoms with Gasteiger partial charge in [-0.05, 0) is 42.3 Å². The standard InChI is InChI=1S/C22H19F2N3O6S/c1-13-21-26(12-19(33-21)20(28)25-10-14-4-3-5-16(8-14)32-2)22(29)27(34(13,30)31)11-15-6-7-17(23)18(24)9-15/h3-9,12H,10-11H2,1-2H3,(H,25,28). The van der Waals surface area contributed by atoms with Gasteiger partial charge in [0.2, 0.25) is 11.6 Å². The third-order valence-electron chi connectivity index (χ3n) is 5.19. The van der Waals surface area contributed by atoms with Crippen LogP contribution in [0, 0.1) is 11.6 Å². The highest BCUT2D eigenvalue weighted by atomic mass is 32.2. The molecule has 0 aromatic heterocycles. The van der Waals surface area contributed by atoms with Crippen molar-refractivity contribution in [3.8, 4) is 5.75 Å². The molecule has 2 aromatic rings. The number of carbonyl (C=O) groups is 2. The molecule has 4 rings (SSSR count). The van der Waals surface area contributed by atoms with Crippen LogP contribution < -0.4 is 10.1 Å². The van der Waals surface area contributed by atoms with Crippen molar-refractivity contribution in [3.05, 3.63) is 88.0 Å². The van der Waals surface area contributed by atoms with E-state index in [1.54, 1.807) is 24.3 Å². The minimum absolute atomic E-state index is 0.0624. The number of sulfonamides is 1. The molecule has 0 atom stereocenters. The van der Waals surface area contributed by atoms with Gasteiger partial charge < -0.3 is 14.8 Å². The van der Waals surface area contributed by atoms with E-state index in [-0.39, 0.29) is 28.7 Å². The Kier molecular flexibility index (Phi) is 6.00. The maximum atomic E-state index is 13.6. The summed E-state index contributed by atoms with van der Waals surface area (Å²) in [4.78, 5) is 26.1. The molecule has 2 aliphatic heterocycles. The van der Waals surface area contributed by atoms with Crippen molar-refractivity contribution in [3.63, 3.8) is 0 Å². The fourth-order valence-corrected chi connectivity index (χ4v) is 4.65. The van der Waals surface area contributed by atoms with Crippen molar-refractivity contribution in [2.45, 2.75) is 20.0 Å². The molecule has 3 amide bonds. The van der Waals surface area contributed by atoms with Crippen molar-refractivity contribution in [1.29, 1.82) is 0 Å². The first-order chi connectivity index (χ1) is 16.1. The highest BCUT2D eigenvalue weighted by molar-refractivity contribution is 7.93. The van der Waals surface area contributed by atoms with E-state index in [0.717, 1.165) is 28.8 Å². The van der Waals surface area contributed by atoms with Crippen LogP contribution in [0.1, 0.15) is 18.1 Å². The summed E-state index contributed by atoms with van der Waals surface area (Å²) in [5.41, 5.74) is 0.809. The zero-order valence-corrected chi connectivity index (χ0v) is 18.9. The maximum Gasteiger partial charge on any atom is 0.345 e. The lowest BCUT2D eigenvalue weighted by Crippen LogP contribution is -2.47. The Morgan fingerprint density at radius 2 is 1.88 bits per heavy atom. The summed E-state index contributed by atoms with van der Waals surface area (Å²) in [5.74, 6) is -2.94. The third-order valence-corrected chi connectivity index (χ3v) is 7.00. The average molecular weight is 491 g/mol. The highest BCUT2D eigenvalue weighted by Gasteiger charge is 2.46. The smallest absolute Gasteiger partial charge is 0.345 e. The van der Waals surface area contributed by atoms with Crippen LogP contribution in [0.4, 0.5) is 13.6 Å². The average Bonchev–Trinajstić information content (AvgIpc) is 3.27. The first-order valence-corrected chi connectivity index (χ1v) is 11.4. The van der Waals surface area contributed by atoms with Gasteiger partial charge >= 0.3 is 6.03 Å². The van der Waals surface area contributed by atoms with E-state index >= 15 is 0 Å². The van der Waals surface area contributed by atoms with E-state index < -0.39 is 40.1 Å². The van der Waals surface area contributed by atoms with E-state index in [1.807, 2.05) is 0 Å². The van der Waals surface area contributed by atoms with E-state index in [0.29, 0.717) is 10.1 Å². The van der Waals surface area contributed by atoms with Gasteiger partial charge in [0.25, 0.3) is 15.9 Å². The molecule has 2 aliphatic rings. The molecule has 0 aliphatic carbocycles. The van der Waals surface area contributed by atoms with Gasteiger partial charge in [-0.25, -0.2) is 31.2 Å². The molecule has 0 bridgehead atoms. The quantitative estimate of drug-likeness (QED) is 0.666. The molecular weight excluding hydrogens is 472 g/mol. The van der Waals surface area contributed by atoms with E-state index in [1.165, 1.54) is 20.1 Å². The van der Waals surface area contributed by atoms with Crippen LogP contribution in [0.25, 0.3) is 0 Å². The minimum atomic E-state index is -4.34. The van der Waals surface area contributed by atoms with Crippen molar-refractivity contribution in [2.24, 2.45) is 0 Å². The number of hydrogen-bond donors (Lipinski definition) is 1. The second-order valence-electron chi connectivity index (χ2n) is 7.40. The lowest BCUT2D eigenvalue weighted by Gasteiger charge is -2.31. The Morgan fingerprint density at radius 3 is 2.59 bits per heavy atom. The van der Waals surface area contributed by atoms with Crippen LogP contribution in [0.5, 0.6) is 5.75 Å². The molecule has 0 radical (unpaired) electrons. The predicted molar refractivity (Wildman–Crippen MR) is 115 cm³/mol. The van der Waals surface area contributed by atoms with Crippen molar-refractivity contribution in [2.75, 3.05) is 7.11 Å². The van der Waals surface area contributed by atoms with Gasteiger partial charge in [-0.15, -0.1) is 0 Å². The van der Waals surface area contributed by atoms with Gasteiger partial charge in [0, 0.05) is 6.54 Å². The third kappa shape index (κ3) is 4.19. The SMILES string of the molecule is COc1cccc(CNC(=O)C2=CN3C(=O)N(Cc4ccc(F)c(F)c4)S(=O)(=O)C(C)=C3O2)c1. The lowest BCUT2D eigenvalue weighted by atomic mass is 10.2. The van der Waals surface area contributed by atoms with Crippen LogP contribution in [0.3, 0.4) is 0 Å². The van der Waals surface area contributed by atoms with Crippen LogP contribution in [0.15, 0.2) is 65.2 Å². The van der Waals surface area contributed by atoms with Gasteiger partial charge in [0.1, 0.15) is 10.7 Å². The van der Waals surface area contributed by atoms with Crippen molar-refractivity contribution < 1.29 is 36.3 Å². The van der Waals surface area contributed by atoms with E-state index in [2.05, 4.69) is 5.32 Å². The second-order valence-corrected chi connectivity index (χ2v) is 9.41. The number of nitrogens with one attached hydrogen (secondary N) is 1. The number of benzene rings is 2. The number of nitrogens with zero attached hydrogens (tertiary/aromatic N) is 2. The fourth-order valence-electron chi connectivity index (χ4n) is 3.35. The molecule has 0 saturated heterocycles. The molecule has 1 N–H and O–H groups in total. The number of ether oxygens (including phenoxy) is 2. The summed E-state index contributed by atoms with van der Waals surface area (Å²) in [6.07, 6.45) is 1.08. The molecule has 178 valence electrons. The normalized spacial score (nSPS) is 16.7. The molecular formula is C22H19F2N3O6S. The molecule has 0 unspecified atom stereocenters. The number of halogens is 2. The molecule has 9 nitrogen and oxygen atoms in total. The molecule has 12 heteroatoms. The Bertz CT molecular complexity index is 1360. The number of hydrogen-bond acceptors (Lipinski definition) is 6. The number of allylic oxidation sites excluding steroid dienone is 1.